The number of rotatable bonds is 3. The first-order valence-electron chi connectivity index (χ1n) is 6.75. The summed E-state index contributed by atoms with van der Waals surface area (Å²) in [6.45, 7) is 0. The molecule has 124 valence electrons. The Hall–Kier alpha value is -3.10. The second-order valence-corrected chi connectivity index (χ2v) is 4.86. The van der Waals surface area contributed by atoms with Crippen molar-refractivity contribution in [3.05, 3.63) is 47.9 Å². The molecular formula is C15H11F3N4O2. The van der Waals surface area contributed by atoms with Gasteiger partial charge in [0.05, 0.1) is 30.1 Å². The molecule has 2 heterocycles. The first kappa shape index (κ1) is 15.8. The Morgan fingerprint density at radius 2 is 2.12 bits per heavy atom. The minimum atomic E-state index is -4.68. The van der Waals surface area contributed by atoms with Gasteiger partial charge >= 0.3 is 6.18 Å². The lowest BCUT2D eigenvalue weighted by Gasteiger charge is -2.13. The summed E-state index contributed by atoms with van der Waals surface area (Å²) >= 11 is 0. The van der Waals surface area contributed by atoms with Crippen molar-refractivity contribution in [3.63, 3.8) is 0 Å². The number of fused-ring (bicyclic) bond motifs is 1. The number of methoxy groups -OCH3 is 1. The molecule has 9 heteroatoms. The van der Waals surface area contributed by atoms with Crippen LogP contribution in [0.1, 0.15) is 16.1 Å². The molecule has 0 atom stereocenters. The topological polar surface area (TPSA) is 79.9 Å². The van der Waals surface area contributed by atoms with Crippen LogP contribution < -0.4 is 10.1 Å². The number of aromatic amines is 1. The second-order valence-electron chi connectivity index (χ2n) is 4.86. The first-order chi connectivity index (χ1) is 11.4. The molecule has 1 amide bonds. The summed E-state index contributed by atoms with van der Waals surface area (Å²) in [5.41, 5.74) is -0.931. The summed E-state index contributed by atoms with van der Waals surface area (Å²) < 4.78 is 44.2. The van der Waals surface area contributed by atoms with Gasteiger partial charge in [0, 0.05) is 17.6 Å². The highest BCUT2D eigenvalue weighted by molar-refractivity contribution is 6.05. The van der Waals surface area contributed by atoms with E-state index in [2.05, 4.69) is 20.5 Å². The molecule has 2 aromatic heterocycles. The average molecular weight is 336 g/mol. The maximum atomic E-state index is 13.0. The summed E-state index contributed by atoms with van der Waals surface area (Å²) in [6, 6.07) is 5.06. The lowest BCUT2D eigenvalue weighted by atomic mass is 10.1. The number of nitrogens with zero attached hydrogens (tertiary/aromatic N) is 2. The van der Waals surface area contributed by atoms with Crippen molar-refractivity contribution in [2.75, 3.05) is 12.4 Å². The van der Waals surface area contributed by atoms with Crippen molar-refractivity contribution < 1.29 is 22.7 Å². The van der Waals surface area contributed by atoms with Gasteiger partial charge in [-0.3, -0.25) is 14.9 Å². The fourth-order valence-corrected chi connectivity index (χ4v) is 2.23. The molecule has 2 N–H and O–H groups in total. The van der Waals surface area contributed by atoms with E-state index in [1.807, 2.05) is 0 Å². The molecule has 0 bridgehead atoms. The number of nitrogens with one attached hydrogen (secondary N) is 2. The molecule has 0 aliphatic carbocycles. The van der Waals surface area contributed by atoms with Crippen molar-refractivity contribution >= 4 is 22.5 Å². The van der Waals surface area contributed by atoms with Crippen LogP contribution in [-0.2, 0) is 6.18 Å². The van der Waals surface area contributed by atoms with Gasteiger partial charge in [-0.15, -0.1) is 0 Å². The molecule has 0 saturated carbocycles. The Morgan fingerprint density at radius 1 is 1.33 bits per heavy atom. The molecule has 0 unspecified atom stereocenters. The van der Waals surface area contributed by atoms with E-state index >= 15 is 0 Å². The largest absolute Gasteiger partial charge is 0.494 e. The Morgan fingerprint density at radius 3 is 2.83 bits per heavy atom. The van der Waals surface area contributed by atoms with Crippen molar-refractivity contribution in [1.82, 2.24) is 15.2 Å². The van der Waals surface area contributed by atoms with Crippen molar-refractivity contribution in [2.45, 2.75) is 6.18 Å². The van der Waals surface area contributed by atoms with Crippen molar-refractivity contribution in [3.8, 4) is 5.75 Å². The number of alkyl halides is 3. The van der Waals surface area contributed by atoms with Crippen LogP contribution in [-0.4, -0.2) is 28.2 Å². The molecule has 0 spiro atoms. The number of pyridine rings is 1. The van der Waals surface area contributed by atoms with E-state index in [9.17, 15) is 18.0 Å². The van der Waals surface area contributed by atoms with E-state index in [4.69, 9.17) is 4.74 Å². The number of anilines is 1. The summed E-state index contributed by atoms with van der Waals surface area (Å²) in [5.74, 6) is -0.700. The van der Waals surface area contributed by atoms with Gasteiger partial charge in [-0.2, -0.15) is 18.3 Å². The van der Waals surface area contributed by atoms with E-state index < -0.39 is 23.3 Å². The number of carbonyl (C=O) groups is 1. The number of carbonyl (C=O) groups excluding carboxylic acids is 1. The minimum Gasteiger partial charge on any atom is -0.494 e. The van der Waals surface area contributed by atoms with Crippen LogP contribution in [0, 0.1) is 0 Å². The minimum absolute atomic E-state index is 0.218. The Balaban J connectivity index is 1.99. The number of hydrogen-bond acceptors (Lipinski definition) is 4. The SMILES string of the molecule is COc1cc2[nH]ncc2cc1NC(=O)c1ncccc1C(F)(F)F. The summed E-state index contributed by atoms with van der Waals surface area (Å²) in [4.78, 5) is 15.8. The first-order valence-corrected chi connectivity index (χ1v) is 6.75. The normalized spacial score (nSPS) is 11.5. The highest BCUT2D eigenvalue weighted by Crippen LogP contribution is 2.33. The third-order valence-corrected chi connectivity index (χ3v) is 3.34. The van der Waals surface area contributed by atoms with E-state index in [1.54, 1.807) is 12.1 Å². The fourth-order valence-electron chi connectivity index (χ4n) is 2.23. The summed E-state index contributed by atoms with van der Waals surface area (Å²) in [6.07, 6.45) is -2.04. The highest BCUT2D eigenvalue weighted by Gasteiger charge is 2.36. The van der Waals surface area contributed by atoms with Crippen LogP contribution >= 0.6 is 0 Å². The number of aromatic nitrogens is 3. The third-order valence-electron chi connectivity index (χ3n) is 3.34. The molecule has 1 aromatic carbocycles. The van der Waals surface area contributed by atoms with Crippen LogP contribution in [0.25, 0.3) is 10.9 Å². The van der Waals surface area contributed by atoms with Gasteiger partial charge in [-0.05, 0) is 18.2 Å². The molecular weight excluding hydrogens is 325 g/mol. The van der Waals surface area contributed by atoms with Gasteiger partial charge in [0.25, 0.3) is 5.91 Å². The van der Waals surface area contributed by atoms with Crippen molar-refractivity contribution in [1.29, 1.82) is 0 Å². The smallest absolute Gasteiger partial charge is 0.418 e. The van der Waals surface area contributed by atoms with Crippen molar-refractivity contribution in [2.24, 2.45) is 0 Å². The Labute approximate surface area is 133 Å². The molecule has 0 aliphatic heterocycles. The van der Waals surface area contributed by atoms with E-state index in [1.165, 1.54) is 13.3 Å². The molecule has 24 heavy (non-hydrogen) atoms. The van der Waals surface area contributed by atoms with Gasteiger partial charge in [-0.25, -0.2) is 0 Å². The van der Waals surface area contributed by atoms with Crippen LogP contribution in [0.5, 0.6) is 5.75 Å². The molecule has 0 saturated heterocycles. The second kappa shape index (κ2) is 5.84. The number of hydrogen-bond donors (Lipinski definition) is 2. The monoisotopic (exact) mass is 336 g/mol. The van der Waals surface area contributed by atoms with Crippen LogP contribution in [0.15, 0.2) is 36.7 Å². The number of ether oxygens (including phenoxy) is 1. The molecule has 0 fully saturated rings. The van der Waals surface area contributed by atoms with Gasteiger partial charge in [0.1, 0.15) is 11.4 Å². The number of benzene rings is 1. The molecule has 3 rings (SSSR count). The van der Waals surface area contributed by atoms with E-state index in [-0.39, 0.29) is 11.4 Å². The van der Waals surface area contributed by atoms with Gasteiger partial charge in [0.2, 0.25) is 0 Å². The molecule has 0 aliphatic rings. The number of halogens is 3. The predicted molar refractivity (Wildman–Crippen MR) is 79.8 cm³/mol. The highest BCUT2D eigenvalue weighted by atomic mass is 19.4. The average Bonchev–Trinajstić information content (AvgIpc) is 3.00. The van der Waals surface area contributed by atoms with Gasteiger partial charge in [-0.1, -0.05) is 0 Å². The lowest BCUT2D eigenvalue weighted by molar-refractivity contribution is -0.138. The fraction of sp³-hybridized carbons (Fsp3) is 0.133. The maximum absolute atomic E-state index is 13.0. The number of H-pyrrole nitrogens is 1. The summed E-state index contributed by atoms with van der Waals surface area (Å²) in [5, 5.41) is 9.65. The molecule has 0 radical (unpaired) electrons. The predicted octanol–water partition coefficient (Wildman–Crippen LogP) is 3.24. The number of amides is 1. The molecule has 3 aromatic rings. The zero-order chi connectivity index (χ0) is 17.3. The van der Waals surface area contributed by atoms with E-state index in [0.717, 1.165) is 18.3 Å². The Kier molecular flexibility index (Phi) is 3.84. The Bertz CT molecular complexity index is 905. The zero-order valence-electron chi connectivity index (χ0n) is 12.3. The lowest BCUT2D eigenvalue weighted by Crippen LogP contribution is -2.20. The van der Waals surface area contributed by atoms with Crippen LogP contribution in [0.3, 0.4) is 0 Å². The maximum Gasteiger partial charge on any atom is 0.418 e. The van der Waals surface area contributed by atoms with Crippen LogP contribution in [0.2, 0.25) is 0 Å². The van der Waals surface area contributed by atoms with Crippen LogP contribution in [0.4, 0.5) is 18.9 Å². The van der Waals surface area contributed by atoms with Gasteiger partial charge in [0.15, 0.2) is 0 Å². The molecule has 6 nitrogen and oxygen atoms in total. The van der Waals surface area contributed by atoms with E-state index in [0.29, 0.717) is 10.9 Å². The quantitative estimate of drug-likeness (QED) is 0.769. The standard InChI is InChI=1S/C15H11F3N4O2/c1-24-12-6-10-8(7-20-22-10)5-11(12)21-14(23)13-9(15(16,17)18)3-2-4-19-13/h2-7H,1H3,(H,20,22)(H,21,23). The zero-order valence-corrected chi connectivity index (χ0v) is 12.3. The van der Waals surface area contributed by atoms with Gasteiger partial charge < -0.3 is 10.1 Å². The summed E-state index contributed by atoms with van der Waals surface area (Å²) in [7, 11) is 1.38. The third kappa shape index (κ3) is 2.87.